The number of hydrogen-bond donors (Lipinski definition) is 1. The topological polar surface area (TPSA) is 55.5 Å². The predicted molar refractivity (Wildman–Crippen MR) is 95.7 cm³/mol. The maximum atomic E-state index is 12.2. The molecule has 6 unspecified atom stereocenters. The summed E-state index contributed by atoms with van der Waals surface area (Å²) in [6.45, 7) is 4.03. The number of ketones is 1. The highest BCUT2D eigenvalue weighted by Gasteiger charge is 2.43. The van der Waals surface area contributed by atoms with Crippen LogP contribution in [-0.4, -0.2) is 23.6 Å². The number of rotatable bonds is 3. The molecule has 130 valence electrons. The van der Waals surface area contributed by atoms with Crippen LogP contribution in [-0.2, 0) is 4.79 Å². The van der Waals surface area contributed by atoms with Crippen molar-refractivity contribution in [3.63, 3.8) is 0 Å². The highest BCUT2D eigenvalue weighted by molar-refractivity contribution is 5.86. The number of nitrogens with zero attached hydrogens (tertiary/aromatic N) is 1. The van der Waals surface area contributed by atoms with Crippen LogP contribution in [0.4, 0.5) is 0 Å². The quantitative estimate of drug-likeness (QED) is 0.795. The Bertz CT molecular complexity index is 457. The summed E-state index contributed by atoms with van der Waals surface area (Å²) in [7, 11) is 0. The van der Waals surface area contributed by atoms with Gasteiger partial charge in [-0.25, -0.2) is 0 Å². The van der Waals surface area contributed by atoms with E-state index in [1.165, 1.54) is 50.7 Å². The van der Waals surface area contributed by atoms with E-state index in [0.717, 1.165) is 25.2 Å². The van der Waals surface area contributed by atoms with Crippen LogP contribution in [0, 0.1) is 23.7 Å². The molecule has 3 aliphatic rings. The highest BCUT2D eigenvalue weighted by Crippen LogP contribution is 2.47. The molecule has 3 heteroatoms. The molecule has 0 bridgehead atoms. The molecular formula is C20H34N2O. The molecule has 3 saturated carbocycles. The van der Waals surface area contributed by atoms with Gasteiger partial charge in [-0.1, -0.05) is 38.5 Å². The Hall–Kier alpha value is -0.700. The van der Waals surface area contributed by atoms with Crippen molar-refractivity contribution in [1.82, 2.24) is 0 Å². The van der Waals surface area contributed by atoms with E-state index in [1.807, 2.05) is 6.92 Å². The lowest BCUT2D eigenvalue weighted by molar-refractivity contribution is -0.125. The van der Waals surface area contributed by atoms with Crippen molar-refractivity contribution in [2.45, 2.75) is 90.1 Å². The summed E-state index contributed by atoms with van der Waals surface area (Å²) in [6.07, 6.45) is 12.3. The lowest BCUT2D eigenvalue weighted by Gasteiger charge is -2.45. The van der Waals surface area contributed by atoms with Gasteiger partial charge in [-0.3, -0.25) is 9.79 Å². The third-order valence-electron chi connectivity index (χ3n) is 6.86. The second kappa shape index (κ2) is 7.46. The maximum Gasteiger partial charge on any atom is 0.133 e. The summed E-state index contributed by atoms with van der Waals surface area (Å²) in [5.41, 5.74) is 7.60. The van der Waals surface area contributed by atoms with Gasteiger partial charge in [-0.2, -0.15) is 0 Å². The minimum absolute atomic E-state index is 0.244. The summed E-state index contributed by atoms with van der Waals surface area (Å²) in [5.74, 6) is 2.52. The van der Waals surface area contributed by atoms with Gasteiger partial charge in [0, 0.05) is 23.6 Å². The van der Waals surface area contributed by atoms with Crippen molar-refractivity contribution < 1.29 is 4.79 Å². The van der Waals surface area contributed by atoms with Gasteiger partial charge in [-0.05, 0) is 51.4 Å². The van der Waals surface area contributed by atoms with Gasteiger partial charge in [0.1, 0.15) is 5.78 Å². The van der Waals surface area contributed by atoms with Crippen LogP contribution in [0.5, 0.6) is 0 Å². The summed E-state index contributed by atoms with van der Waals surface area (Å²) in [5, 5.41) is 0. The molecule has 0 aromatic heterocycles. The normalized spacial score (nSPS) is 42.1. The number of nitrogens with two attached hydrogens (primary N) is 1. The zero-order valence-electron chi connectivity index (χ0n) is 15.0. The van der Waals surface area contributed by atoms with E-state index in [-0.39, 0.29) is 12.0 Å². The average Bonchev–Trinajstić information content (AvgIpc) is 2.55. The van der Waals surface area contributed by atoms with Crippen LogP contribution in [0.25, 0.3) is 0 Å². The molecule has 0 aliphatic heterocycles. The lowest BCUT2D eigenvalue weighted by atomic mass is 9.59. The van der Waals surface area contributed by atoms with Crippen LogP contribution in [0.1, 0.15) is 78.1 Å². The lowest BCUT2D eigenvalue weighted by Crippen LogP contribution is -2.43. The Labute approximate surface area is 141 Å². The van der Waals surface area contributed by atoms with E-state index >= 15 is 0 Å². The van der Waals surface area contributed by atoms with E-state index in [1.54, 1.807) is 0 Å². The second-order valence-electron chi connectivity index (χ2n) is 8.31. The molecule has 6 atom stereocenters. The summed E-state index contributed by atoms with van der Waals surface area (Å²) in [6, 6.07) is 0.566. The Morgan fingerprint density at radius 2 is 1.52 bits per heavy atom. The van der Waals surface area contributed by atoms with Crippen LogP contribution in [0.15, 0.2) is 4.99 Å². The molecule has 0 radical (unpaired) electrons. The van der Waals surface area contributed by atoms with Gasteiger partial charge in [0.15, 0.2) is 0 Å². The standard InChI is InChI=1S/C20H34N2O/c1-13(22-19-12-4-3-11-18(19)21)16-9-5-7-15-8-6-10-17(14(2)23)20(15)16/h15-20H,3-12,21H2,1-2H3. The fourth-order valence-electron chi connectivity index (χ4n) is 5.67. The molecule has 0 aromatic carbocycles. The third kappa shape index (κ3) is 3.70. The van der Waals surface area contributed by atoms with Crippen molar-refractivity contribution in [2.75, 3.05) is 0 Å². The maximum absolute atomic E-state index is 12.2. The highest BCUT2D eigenvalue weighted by atomic mass is 16.1. The summed E-state index contributed by atoms with van der Waals surface area (Å²) < 4.78 is 0. The largest absolute Gasteiger partial charge is 0.326 e. The van der Waals surface area contributed by atoms with Crippen LogP contribution in [0.2, 0.25) is 0 Å². The first kappa shape index (κ1) is 17.1. The number of carbonyl (C=O) groups is 1. The first-order valence-electron chi connectivity index (χ1n) is 9.88. The molecule has 0 aromatic rings. The van der Waals surface area contributed by atoms with Crippen molar-refractivity contribution in [3.05, 3.63) is 0 Å². The molecule has 0 heterocycles. The first-order valence-corrected chi connectivity index (χ1v) is 9.88. The number of carbonyl (C=O) groups excluding carboxylic acids is 1. The Morgan fingerprint density at radius 3 is 2.17 bits per heavy atom. The summed E-state index contributed by atoms with van der Waals surface area (Å²) in [4.78, 5) is 17.3. The fraction of sp³-hybridized carbons (Fsp3) is 0.900. The minimum Gasteiger partial charge on any atom is -0.326 e. The summed E-state index contributed by atoms with van der Waals surface area (Å²) >= 11 is 0. The molecule has 3 aliphatic carbocycles. The Balaban J connectivity index is 1.79. The van der Waals surface area contributed by atoms with Crippen molar-refractivity contribution in [2.24, 2.45) is 34.4 Å². The Kier molecular flexibility index (Phi) is 5.56. The third-order valence-corrected chi connectivity index (χ3v) is 6.86. The van der Waals surface area contributed by atoms with Crippen molar-refractivity contribution >= 4 is 11.5 Å². The van der Waals surface area contributed by atoms with E-state index in [9.17, 15) is 4.79 Å². The van der Waals surface area contributed by atoms with Gasteiger partial charge in [-0.15, -0.1) is 0 Å². The average molecular weight is 319 g/mol. The molecule has 23 heavy (non-hydrogen) atoms. The molecule has 2 N–H and O–H groups in total. The predicted octanol–water partition coefficient (Wildman–Crippen LogP) is 4.14. The molecule has 0 amide bonds. The van der Waals surface area contributed by atoms with Crippen LogP contribution in [0.3, 0.4) is 0 Å². The van der Waals surface area contributed by atoms with Gasteiger partial charge in [0.05, 0.1) is 6.04 Å². The second-order valence-corrected chi connectivity index (χ2v) is 8.31. The van der Waals surface area contributed by atoms with E-state index in [2.05, 4.69) is 6.92 Å². The number of hydrogen-bond acceptors (Lipinski definition) is 3. The molecule has 3 nitrogen and oxygen atoms in total. The van der Waals surface area contributed by atoms with E-state index < -0.39 is 0 Å². The van der Waals surface area contributed by atoms with Crippen molar-refractivity contribution in [3.8, 4) is 0 Å². The van der Waals surface area contributed by atoms with Gasteiger partial charge in [0.2, 0.25) is 0 Å². The molecular weight excluding hydrogens is 284 g/mol. The number of Topliss-reactive ketones (excluding diaryl/α,β-unsaturated/α-hetero) is 1. The SMILES string of the molecule is CC(=O)C1CCCC2CCCC(C(C)=NC3CCCCC3N)C21. The monoisotopic (exact) mass is 318 g/mol. The molecule has 3 fully saturated rings. The number of fused-ring (bicyclic) bond motifs is 1. The van der Waals surface area contributed by atoms with E-state index in [0.29, 0.717) is 23.7 Å². The Morgan fingerprint density at radius 1 is 0.870 bits per heavy atom. The van der Waals surface area contributed by atoms with Gasteiger partial charge >= 0.3 is 0 Å². The fourth-order valence-corrected chi connectivity index (χ4v) is 5.67. The van der Waals surface area contributed by atoms with Gasteiger partial charge < -0.3 is 5.73 Å². The zero-order valence-corrected chi connectivity index (χ0v) is 15.0. The number of aliphatic imine (C=N–C) groups is 1. The minimum atomic E-state index is 0.244. The first-order chi connectivity index (χ1) is 11.1. The zero-order chi connectivity index (χ0) is 16.4. The van der Waals surface area contributed by atoms with Crippen LogP contribution < -0.4 is 5.73 Å². The molecule has 0 spiro atoms. The molecule has 3 rings (SSSR count). The van der Waals surface area contributed by atoms with E-state index in [4.69, 9.17) is 10.7 Å². The van der Waals surface area contributed by atoms with Gasteiger partial charge in [0.25, 0.3) is 0 Å². The van der Waals surface area contributed by atoms with Crippen LogP contribution >= 0.6 is 0 Å². The molecule has 0 saturated heterocycles. The van der Waals surface area contributed by atoms with Crippen molar-refractivity contribution in [1.29, 1.82) is 0 Å². The smallest absolute Gasteiger partial charge is 0.133 e.